The van der Waals surface area contributed by atoms with Crippen LogP contribution in [-0.4, -0.2) is 16.6 Å². The highest BCUT2D eigenvalue weighted by Gasteiger charge is 2.33. The average Bonchev–Trinajstić information content (AvgIpc) is 2.46. The van der Waals surface area contributed by atoms with Crippen LogP contribution in [0.2, 0.25) is 5.02 Å². The van der Waals surface area contributed by atoms with E-state index < -0.39 is 17.6 Å². The van der Waals surface area contributed by atoms with E-state index in [0.29, 0.717) is 10.0 Å². The number of halogens is 4. The summed E-state index contributed by atoms with van der Waals surface area (Å²) >= 11 is 6.94. The smallest absolute Gasteiger partial charge is 0.325 e. The molecule has 0 radical (unpaired) electrons. The van der Waals surface area contributed by atoms with E-state index in [1.165, 1.54) is 24.4 Å². The number of carbonyl (C=O) groups is 1. The van der Waals surface area contributed by atoms with Gasteiger partial charge in [-0.2, -0.15) is 13.2 Å². The fourth-order valence-electron chi connectivity index (χ4n) is 1.64. The second-order valence-corrected chi connectivity index (χ2v) is 5.54. The number of rotatable bonds is 4. The number of para-hydroxylation sites is 1. The molecular formula is C14H10ClF3N2OS. The maximum absolute atomic E-state index is 12.8. The molecule has 0 aliphatic heterocycles. The molecule has 8 heteroatoms. The fraction of sp³-hybridized carbons (Fsp3) is 0.143. The number of pyridine rings is 1. The van der Waals surface area contributed by atoms with Crippen molar-refractivity contribution in [2.45, 2.75) is 11.2 Å². The van der Waals surface area contributed by atoms with E-state index in [1.807, 2.05) is 0 Å². The monoisotopic (exact) mass is 346 g/mol. The summed E-state index contributed by atoms with van der Waals surface area (Å²) in [5.41, 5.74) is -1.16. The third-order valence-electron chi connectivity index (χ3n) is 2.57. The van der Waals surface area contributed by atoms with Gasteiger partial charge in [0.25, 0.3) is 0 Å². The molecule has 1 amide bonds. The number of nitrogens with one attached hydrogen (secondary N) is 1. The zero-order valence-corrected chi connectivity index (χ0v) is 12.6. The van der Waals surface area contributed by atoms with Crippen molar-refractivity contribution >= 4 is 35.0 Å². The number of thioether (sulfide) groups is 1. The predicted molar refractivity (Wildman–Crippen MR) is 80.0 cm³/mol. The molecule has 0 unspecified atom stereocenters. The molecule has 1 heterocycles. The number of nitrogens with zero attached hydrogens (tertiary/aromatic N) is 1. The third kappa shape index (κ3) is 4.38. The number of hydrogen-bond acceptors (Lipinski definition) is 3. The second kappa shape index (κ2) is 7.02. The minimum Gasteiger partial charge on any atom is -0.325 e. The molecule has 0 fully saturated rings. The molecule has 1 aromatic carbocycles. The van der Waals surface area contributed by atoms with Gasteiger partial charge in [-0.25, -0.2) is 4.98 Å². The van der Waals surface area contributed by atoms with E-state index >= 15 is 0 Å². The van der Waals surface area contributed by atoms with E-state index in [4.69, 9.17) is 11.6 Å². The fourth-order valence-corrected chi connectivity index (χ4v) is 2.60. The zero-order valence-electron chi connectivity index (χ0n) is 11.0. The van der Waals surface area contributed by atoms with Crippen molar-refractivity contribution in [3.63, 3.8) is 0 Å². The topological polar surface area (TPSA) is 42.0 Å². The highest BCUT2D eigenvalue weighted by Crippen LogP contribution is 2.34. The minimum atomic E-state index is -4.53. The lowest BCUT2D eigenvalue weighted by molar-refractivity contribution is -0.137. The first-order chi connectivity index (χ1) is 10.4. The molecule has 0 aliphatic carbocycles. The summed E-state index contributed by atoms with van der Waals surface area (Å²) < 4.78 is 38.5. The Morgan fingerprint density at radius 3 is 2.64 bits per heavy atom. The van der Waals surface area contributed by atoms with E-state index in [9.17, 15) is 18.0 Å². The quantitative estimate of drug-likeness (QED) is 0.830. The van der Waals surface area contributed by atoms with Gasteiger partial charge >= 0.3 is 6.18 Å². The Balaban J connectivity index is 2.03. The van der Waals surface area contributed by atoms with Crippen molar-refractivity contribution < 1.29 is 18.0 Å². The molecule has 3 nitrogen and oxygen atoms in total. The van der Waals surface area contributed by atoms with Gasteiger partial charge in [0.1, 0.15) is 5.03 Å². The SMILES string of the molecule is O=C(CSc1ncccc1Cl)Nc1ccccc1C(F)(F)F. The molecule has 0 spiro atoms. The van der Waals surface area contributed by atoms with Crippen LogP contribution in [0.25, 0.3) is 0 Å². The molecule has 1 aromatic heterocycles. The van der Waals surface area contributed by atoms with Gasteiger partial charge in [-0.15, -0.1) is 0 Å². The van der Waals surface area contributed by atoms with Crippen molar-refractivity contribution in [1.29, 1.82) is 0 Å². The zero-order chi connectivity index (χ0) is 16.2. The van der Waals surface area contributed by atoms with Crippen LogP contribution in [0.15, 0.2) is 47.6 Å². The van der Waals surface area contributed by atoms with Crippen LogP contribution in [0.4, 0.5) is 18.9 Å². The Labute approximate surface area is 133 Å². The van der Waals surface area contributed by atoms with E-state index in [-0.39, 0.29) is 11.4 Å². The number of alkyl halides is 3. The van der Waals surface area contributed by atoms with Crippen molar-refractivity contribution in [3.8, 4) is 0 Å². The first kappa shape index (κ1) is 16.6. The number of aromatic nitrogens is 1. The predicted octanol–water partition coefficient (Wildman–Crippen LogP) is 4.48. The Morgan fingerprint density at radius 2 is 1.95 bits per heavy atom. The Kier molecular flexibility index (Phi) is 5.31. The van der Waals surface area contributed by atoms with Crippen molar-refractivity contribution in [1.82, 2.24) is 4.98 Å². The van der Waals surface area contributed by atoms with E-state index in [0.717, 1.165) is 17.8 Å². The van der Waals surface area contributed by atoms with Crippen LogP contribution in [0.5, 0.6) is 0 Å². The molecule has 1 N–H and O–H groups in total. The third-order valence-corrected chi connectivity index (χ3v) is 3.99. The highest BCUT2D eigenvalue weighted by atomic mass is 35.5. The van der Waals surface area contributed by atoms with Gasteiger partial charge in [-0.1, -0.05) is 35.5 Å². The van der Waals surface area contributed by atoms with Gasteiger partial charge in [-0.3, -0.25) is 4.79 Å². The lowest BCUT2D eigenvalue weighted by Gasteiger charge is -2.13. The highest BCUT2D eigenvalue weighted by molar-refractivity contribution is 8.00. The number of carbonyl (C=O) groups excluding carboxylic acids is 1. The molecule has 0 saturated carbocycles. The average molecular weight is 347 g/mol. The Hall–Kier alpha value is -1.73. The lowest BCUT2D eigenvalue weighted by atomic mass is 10.1. The van der Waals surface area contributed by atoms with Crippen LogP contribution < -0.4 is 5.32 Å². The van der Waals surface area contributed by atoms with Gasteiger partial charge in [0.05, 0.1) is 22.0 Å². The van der Waals surface area contributed by atoms with E-state index in [2.05, 4.69) is 10.3 Å². The van der Waals surface area contributed by atoms with Gasteiger partial charge in [0, 0.05) is 6.20 Å². The maximum Gasteiger partial charge on any atom is 0.418 e. The van der Waals surface area contributed by atoms with Gasteiger partial charge < -0.3 is 5.32 Å². The molecule has 0 bridgehead atoms. The van der Waals surface area contributed by atoms with Crippen LogP contribution >= 0.6 is 23.4 Å². The van der Waals surface area contributed by atoms with Crippen molar-refractivity contribution in [3.05, 3.63) is 53.2 Å². The van der Waals surface area contributed by atoms with Crippen LogP contribution in [0.3, 0.4) is 0 Å². The lowest BCUT2D eigenvalue weighted by Crippen LogP contribution is -2.18. The summed E-state index contributed by atoms with van der Waals surface area (Å²) in [6, 6.07) is 8.08. The van der Waals surface area contributed by atoms with Crippen molar-refractivity contribution in [2.75, 3.05) is 11.1 Å². The summed E-state index contributed by atoms with van der Waals surface area (Å²) in [6.45, 7) is 0. The first-order valence-corrected chi connectivity index (χ1v) is 7.43. The molecule has 116 valence electrons. The van der Waals surface area contributed by atoms with Crippen molar-refractivity contribution in [2.24, 2.45) is 0 Å². The van der Waals surface area contributed by atoms with Gasteiger partial charge in [-0.05, 0) is 24.3 Å². The summed E-state index contributed by atoms with van der Waals surface area (Å²) in [7, 11) is 0. The number of benzene rings is 1. The van der Waals surface area contributed by atoms with E-state index in [1.54, 1.807) is 12.1 Å². The molecule has 0 atom stereocenters. The summed E-state index contributed by atoms with van der Waals surface area (Å²) in [4.78, 5) is 15.8. The number of amides is 1. The van der Waals surface area contributed by atoms with Gasteiger partial charge in [0.2, 0.25) is 5.91 Å². The molecule has 2 rings (SSSR count). The normalized spacial score (nSPS) is 11.3. The molecule has 2 aromatic rings. The number of anilines is 1. The minimum absolute atomic E-state index is 0.0943. The molecule has 0 aliphatic rings. The second-order valence-electron chi connectivity index (χ2n) is 4.17. The molecule has 22 heavy (non-hydrogen) atoms. The standard InChI is InChI=1S/C14H10ClF3N2OS/c15-10-5-3-7-19-13(10)22-8-12(21)20-11-6-2-1-4-9(11)14(16,17)18/h1-7H,8H2,(H,20,21). The van der Waals surface area contributed by atoms with Crippen LogP contribution in [0, 0.1) is 0 Å². The Bertz CT molecular complexity index is 679. The summed E-state index contributed by atoms with van der Waals surface area (Å²) in [5.74, 6) is -0.661. The summed E-state index contributed by atoms with van der Waals surface area (Å²) in [5, 5.41) is 3.09. The largest absolute Gasteiger partial charge is 0.418 e. The first-order valence-electron chi connectivity index (χ1n) is 6.07. The summed E-state index contributed by atoms with van der Waals surface area (Å²) in [6.07, 6.45) is -3.01. The molecular weight excluding hydrogens is 337 g/mol. The molecule has 0 saturated heterocycles. The van der Waals surface area contributed by atoms with Crippen LogP contribution in [0.1, 0.15) is 5.56 Å². The number of hydrogen-bond donors (Lipinski definition) is 1. The van der Waals surface area contributed by atoms with Gasteiger partial charge in [0.15, 0.2) is 0 Å². The maximum atomic E-state index is 12.8. The van der Waals surface area contributed by atoms with Crippen LogP contribution in [-0.2, 0) is 11.0 Å². The Morgan fingerprint density at radius 1 is 1.23 bits per heavy atom.